The minimum Gasteiger partial charge on any atom is -0.465 e. The van der Waals surface area contributed by atoms with Gasteiger partial charge >= 0.3 is 6.09 Å². The highest BCUT2D eigenvalue weighted by atomic mass is 16.5. The molecule has 2 aliphatic rings. The number of carboxylic acid groups (broad SMARTS) is 1. The van der Waals surface area contributed by atoms with E-state index in [9.17, 15) is 29.2 Å². The highest BCUT2D eigenvalue weighted by molar-refractivity contribution is 5.95. The largest absolute Gasteiger partial charge is 0.465 e. The second kappa shape index (κ2) is 20.2. The molecule has 3 rings (SSSR count). The first-order valence-corrected chi connectivity index (χ1v) is 19.9. The summed E-state index contributed by atoms with van der Waals surface area (Å²) in [5.41, 5.74) is 6.10. The molecule has 2 saturated heterocycles. The number of benzene rings is 1. The van der Waals surface area contributed by atoms with E-state index in [0.29, 0.717) is 44.6 Å². The van der Waals surface area contributed by atoms with Crippen molar-refractivity contribution >= 4 is 29.7 Å². The molecule has 0 aliphatic carbocycles. The van der Waals surface area contributed by atoms with Crippen LogP contribution in [0, 0.1) is 17.8 Å². The van der Waals surface area contributed by atoms with E-state index in [1.807, 2.05) is 70.2 Å². The van der Waals surface area contributed by atoms with Crippen molar-refractivity contribution in [3.05, 3.63) is 48.0 Å². The number of hydrogen-bond acceptors (Lipinski definition) is 8. The van der Waals surface area contributed by atoms with Gasteiger partial charge in [0.25, 0.3) is 0 Å². The first-order valence-electron chi connectivity index (χ1n) is 19.9. The molecule has 2 heterocycles. The summed E-state index contributed by atoms with van der Waals surface area (Å²) in [5, 5.41) is 32.2. The number of nitrogens with two attached hydrogens (primary N) is 1. The van der Waals surface area contributed by atoms with E-state index in [1.54, 1.807) is 18.7 Å². The van der Waals surface area contributed by atoms with Gasteiger partial charge < -0.3 is 42.2 Å². The Kier molecular flexibility index (Phi) is 16.7. The lowest BCUT2D eigenvalue weighted by molar-refractivity contribution is -0.246. The number of amides is 5. The number of likely N-dealkylation sites (tertiary alicyclic amines) is 1. The van der Waals surface area contributed by atoms with Crippen molar-refractivity contribution < 1.29 is 34.3 Å². The molecule has 2 fully saturated rings. The summed E-state index contributed by atoms with van der Waals surface area (Å²) in [5.74, 6) is -2.11. The average molecular weight is 770 g/mol. The van der Waals surface area contributed by atoms with Crippen molar-refractivity contribution in [3.63, 3.8) is 0 Å². The number of carbonyl (C=O) groups excluding carboxylic acids is 4. The van der Waals surface area contributed by atoms with Crippen LogP contribution in [0.5, 0.6) is 0 Å². The predicted octanol–water partition coefficient (Wildman–Crippen LogP) is 3.97. The Bertz CT molecular complexity index is 1460. The second-order valence-electron chi connectivity index (χ2n) is 17.4. The van der Waals surface area contributed by atoms with Crippen LogP contribution < -0.4 is 27.0 Å². The van der Waals surface area contributed by atoms with Gasteiger partial charge in [0.15, 0.2) is 0 Å². The highest BCUT2D eigenvalue weighted by Gasteiger charge is 2.46. The quantitative estimate of drug-likeness (QED) is 0.0851. The summed E-state index contributed by atoms with van der Waals surface area (Å²) in [6.07, 6.45) is 6.21. The minimum atomic E-state index is -1.19. The third kappa shape index (κ3) is 13.6. The Labute approximate surface area is 327 Å². The summed E-state index contributed by atoms with van der Waals surface area (Å²) in [6.45, 7) is 15.8. The zero-order chi connectivity index (χ0) is 41.1. The van der Waals surface area contributed by atoms with Gasteiger partial charge in [0.2, 0.25) is 23.6 Å². The number of hydrogen-bond donors (Lipinski definition) is 7. The molecule has 308 valence electrons. The molecule has 55 heavy (non-hydrogen) atoms. The molecule has 1 aromatic carbocycles. The molecule has 0 radical (unpaired) electrons. The van der Waals surface area contributed by atoms with Crippen LogP contribution in [0.3, 0.4) is 0 Å². The monoisotopic (exact) mass is 770 g/mol. The molecule has 8 N–H and O–H groups in total. The average Bonchev–Trinajstić information content (AvgIpc) is 3.59. The number of nitrogens with zero attached hydrogens (tertiary/aromatic N) is 2. The Morgan fingerprint density at radius 3 is 2.16 bits per heavy atom. The van der Waals surface area contributed by atoms with E-state index in [4.69, 9.17) is 10.8 Å². The van der Waals surface area contributed by atoms with E-state index < -0.39 is 58.9 Å². The molecule has 0 aromatic heterocycles. The number of rotatable bonds is 18. The maximum Gasteiger partial charge on any atom is 0.404 e. The standard InChI is InChI=1S/C41H67N7O7/c1-26(2)22-30(42)19-18-29(23-28-14-10-9-11-15-28)38(52)47-21-13-17-33(47)36(50)46-34(27(3)4)37(51)45-32(16-12-20-43-39(53)54)35(49)44-31-24-40(5,6)48(55)41(7,8)25-31/h9-11,14-15,18-19,26-27,29-34,43,55H,12-13,16-17,20-25,42H2,1-8H3,(H,44,49)(H,45,51)(H,46,50)(H,53,54)/b19-18+/t29-,30-,32+,33+,34-/m1/s1. The lowest BCUT2D eigenvalue weighted by Gasteiger charge is -2.51. The third-order valence-electron chi connectivity index (χ3n) is 10.6. The van der Waals surface area contributed by atoms with Gasteiger partial charge in [-0.1, -0.05) is 70.2 Å². The smallest absolute Gasteiger partial charge is 0.404 e. The van der Waals surface area contributed by atoms with Crippen LogP contribution in [0.2, 0.25) is 0 Å². The summed E-state index contributed by atoms with van der Waals surface area (Å²) < 4.78 is 0. The van der Waals surface area contributed by atoms with Crippen molar-refractivity contribution in [2.45, 2.75) is 148 Å². The number of carbonyl (C=O) groups is 5. The van der Waals surface area contributed by atoms with Gasteiger partial charge in [-0.15, -0.1) is 0 Å². The minimum absolute atomic E-state index is 0.0813. The van der Waals surface area contributed by atoms with Crippen LogP contribution in [-0.4, -0.2) is 104 Å². The molecular formula is C41H67N7O7. The summed E-state index contributed by atoms with van der Waals surface area (Å²) in [6, 6.07) is 6.41. The van der Waals surface area contributed by atoms with Crippen LogP contribution in [0.1, 0.15) is 106 Å². The fourth-order valence-electron chi connectivity index (χ4n) is 8.01. The van der Waals surface area contributed by atoms with E-state index in [0.717, 1.165) is 12.0 Å². The molecule has 0 bridgehead atoms. The maximum atomic E-state index is 14.2. The van der Waals surface area contributed by atoms with Gasteiger partial charge in [-0.25, -0.2) is 4.79 Å². The third-order valence-corrected chi connectivity index (χ3v) is 10.6. The second-order valence-corrected chi connectivity index (χ2v) is 17.4. The zero-order valence-electron chi connectivity index (χ0n) is 34.1. The van der Waals surface area contributed by atoms with E-state index in [2.05, 4.69) is 35.1 Å². The first kappa shape index (κ1) is 45.4. The maximum absolute atomic E-state index is 14.2. The molecule has 5 atom stereocenters. The van der Waals surface area contributed by atoms with Crippen LogP contribution in [0.15, 0.2) is 42.5 Å². The number of hydroxylamine groups is 2. The first-order chi connectivity index (χ1) is 25.7. The fraction of sp³-hybridized carbons (Fsp3) is 0.683. The van der Waals surface area contributed by atoms with Gasteiger partial charge in [0, 0.05) is 36.3 Å². The molecule has 1 aromatic rings. The summed E-state index contributed by atoms with van der Waals surface area (Å²) in [7, 11) is 0. The summed E-state index contributed by atoms with van der Waals surface area (Å²) in [4.78, 5) is 68.5. The van der Waals surface area contributed by atoms with Gasteiger partial charge in [0.05, 0.1) is 5.92 Å². The van der Waals surface area contributed by atoms with Crippen molar-refractivity contribution in [1.29, 1.82) is 0 Å². The number of nitrogens with one attached hydrogen (secondary N) is 4. The lowest BCUT2D eigenvalue weighted by atomic mass is 9.79. The SMILES string of the molecule is CC(C)C[C@H](N)/C=C/[C@H](Cc1ccccc1)C(=O)N1CCC[C@H]1C(=O)N[C@@H](C(=O)N[C@@H](CCCNC(=O)O)C(=O)NC1CC(C)(C)N(O)C(C)(C)C1)C(C)C. The van der Waals surface area contributed by atoms with E-state index >= 15 is 0 Å². The summed E-state index contributed by atoms with van der Waals surface area (Å²) >= 11 is 0. The van der Waals surface area contributed by atoms with Crippen LogP contribution in [-0.2, 0) is 25.6 Å². The Hall–Kier alpha value is -4.01. The van der Waals surface area contributed by atoms with Crippen molar-refractivity contribution in [2.75, 3.05) is 13.1 Å². The van der Waals surface area contributed by atoms with Crippen LogP contribution in [0.4, 0.5) is 4.79 Å². The molecule has 0 spiro atoms. The number of piperidine rings is 1. The Morgan fingerprint density at radius 1 is 0.945 bits per heavy atom. The van der Waals surface area contributed by atoms with Crippen LogP contribution in [0.25, 0.3) is 0 Å². The molecular weight excluding hydrogens is 702 g/mol. The van der Waals surface area contributed by atoms with Crippen LogP contribution >= 0.6 is 0 Å². The van der Waals surface area contributed by atoms with Gasteiger partial charge in [0.1, 0.15) is 18.1 Å². The van der Waals surface area contributed by atoms with Gasteiger partial charge in [-0.2, -0.15) is 5.06 Å². The fourth-order valence-corrected chi connectivity index (χ4v) is 8.01. The topological polar surface area (TPSA) is 206 Å². The molecule has 0 unspecified atom stereocenters. The lowest BCUT2D eigenvalue weighted by Crippen LogP contribution is -2.64. The Balaban J connectivity index is 1.77. The van der Waals surface area contributed by atoms with Gasteiger partial charge in [-0.3, -0.25) is 19.2 Å². The molecule has 14 nitrogen and oxygen atoms in total. The van der Waals surface area contributed by atoms with Crippen molar-refractivity contribution in [1.82, 2.24) is 31.2 Å². The van der Waals surface area contributed by atoms with E-state index in [-0.39, 0.29) is 43.3 Å². The van der Waals surface area contributed by atoms with E-state index in [1.165, 1.54) is 5.06 Å². The normalized spacial score (nSPS) is 20.9. The molecule has 2 aliphatic heterocycles. The highest BCUT2D eigenvalue weighted by Crippen LogP contribution is 2.36. The van der Waals surface area contributed by atoms with Gasteiger partial charge in [-0.05, 0) is 96.5 Å². The molecule has 0 saturated carbocycles. The predicted molar refractivity (Wildman–Crippen MR) is 212 cm³/mol. The zero-order valence-corrected chi connectivity index (χ0v) is 34.1. The van der Waals surface area contributed by atoms with Crippen molar-refractivity contribution in [3.8, 4) is 0 Å². The molecule has 14 heteroatoms. The van der Waals surface area contributed by atoms with Crippen molar-refractivity contribution in [2.24, 2.45) is 23.5 Å². The molecule has 5 amide bonds. The Morgan fingerprint density at radius 2 is 1.58 bits per heavy atom.